The van der Waals surface area contributed by atoms with Gasteiger partial charge in [-0.15, -0.1) is 0 Å². The maximum Gasteiger partial charge on any atom is 0.144 e. The van der Waals surface area contributed by atoms with Crippen LogP contribution in [0.4, 0.5) is 0 Å². The van der Waals surface area contributed by atoms with Gasteiger partial charge in [-0.3, -0.25) is 4.79 Å². The van der Waals surface area contributed by atoms with Crippen molar-refractivity contribution in [1.82, 2.24) is 0 Å². The number of carbonyl (C=O) groups excluding carboxylic acids is 1. The highest BCUT2D eigenvalue weighted by molar-refractivity contribution is 5.88. The van der Waals surface area contributed by atoms with Gasteiger partial charge in [-0.25, -0.2) is 0 Å². The number of carbonyl (C=O) groups is 1. The number of Topliss-reactive ketones (excluding diaryl/α,β-unsaturated/α-hetero) is 1. The molecule has 0 aliphatic heterocycles. The summed E-state index contributed by atoms with van der Waals surface area (Å²) >= 11 is 0. The second-order valence-electron chi connectivity index (χ2n) is 7.81. The maximum atomic E-state index is 13.1. The minimum Gasteiger partial charge on any atom is -0.497 e. The molecule has 0 heterocycles. The summed E-state index contributed by atoms with van der Waals surface area (Å²) in [7, 11) is 1.64. The van der Waals surface area contributed by atoms with E-state index in [2.05, 4.69) is 19.1 Å². The molecule has 2 aliphatic carbocycles. The standard InChI is InChI=1S/C21H28O3/c1-13(16-6-9-18(24-4)10-7-16)19(22)14(2)20(23)21(3)12-15-5-8-17(21)11-15/h5-10,13-15,17,19,22H,11-12H2,1-4H3/t13-,14-,15-,17+,19+,21+/m0/s1. The molecule has 3 nitrogen and oxygen atoms in total. The van der Waals surface area contributed by atoms with Gasteiger partial charge < -0.3 is 9.84 Å². The van der Waals surface area contributed by atoms with Crippen LogP contribution in [0.3, 0.4) is 0 Å². The van der Waals surface area contributed by atoms with Gasteiger partial charge in [0.2, 0.25) is 0 Å². The third-order valence-electron chi connectivity index (χ3n) is 6.32. The summed E-state index contributed by atoms with van der Waals surface area (Å²) in [6, 6.07) is 7.72. The summed E-state index contributed by atoms with van der Waals surface area (Å²) in [6.07, 6.45) is 5.81. The van der Waals surface area contributed by atoms with Gasteiger partial charge in [0.1, 0.15) is 11.5 Å². The van der Waals surface area contributed by atoms with Gasteiger partial charge in [-0.05, 0) is 42.4 Å². The molecular formula is C21H28O3. The first-order valence-corrected chi connectivity index (χ1v) is 8.91. The molecule has 24 heavy (non-hydrogen) atoms. The fraction of sp³-hybridized carbons (Fsp3) is 0.571. The fourth-order valence-corrected chi connectivity index (χ4v) is 4.59. The van der Waals surface area contributed by atoms with Crippen LogP contribution in [-0.2, 0) is 4.79 Å². The van der Waals surface area contributed by atoms with Crippen molar-refractivity contribution >= 4 is 5.78 Å². The van der Waals surface area contributed by atoms with Crippen LogP contribution < -0.4 is 4.74 Å². The van der Waals surface area contributed by atoms with Crippen molar-refractivity contribution in [3.63, 3.8) is 0 Å². The Morgan fingerprint density at radius 2 is 1.92 bits per heavy atom. The molecule has 0 radical (unpaired) electrons. The van der Waals surface area contributed by atoms with Crippen molar-refractivity contribution in [2.24, 2.45) is 23.2 Å². The van der Waals surface area contributed by atoms with Crippen molar-refractivity contribution in [2.75, 3.05) is 7.11 Å². The smallest absolute Gasteiger partial charge is 0.144 e. The topological polar surface area (TPSA) is 46.5 Å². The minimum atomic E-state index is -0.675. The SMILES string of the molecule is COc1ccc([C@H](C)[C@@H](O)[C@H](C)C(=O)[C@]2(C)C[C@H]3C=C[C@@H]2C3)cc1. The Bertz CT molecular complexity index is 633. The van der Waals surface area contributed by atoms with Crippen molar-refractivity contribution in [3.05, 3.63) is 42.0 Å². The van der Waals surface area contributed by atoms with E-state index in [9.17, 15) is 9.90 Å². The van der Waals surface area contributed by atoms with E-state index in [-0.39, 0.29) is 23.0 Å². The first-order chi connectivity index (χ1) is 11.4. The molecule has 6 atom stereocenters. The molecule has 1 saturated carbocycles. The highest BCUT2D eigenvalue weighted by Crippen LogP contribution is 2.53. The number of aliphatic hydroxyl groups excluding tert-OH is 1. The Morgan fingerprint density at radius 3 is 2.42 bits per heavy atom. The van der Waals surface area contributed by atoms with E-state index in [1.807, 2.05) is 38.1 Å². The van der Waals surface area contributed by atoms with Gasteiger partial charge in [0.15, 0.2) is 0 Å². The van der Waals surface area contributed by atoms with Gasteiger partial charge in [0.25, 0.3) is 0 Å². The fourth-order valence-electron chi connectivity index (χ4n) is 4.59. The van der Waals surface area contributed by atoms with E-state index in [1.165, 1.54) is 0 Å². The largest absolute Gasteiger partial charge is 0.497 e. The Hall–Kier alpha value is -1.61. The summed E-state index contributed by atoms with van der Waals surface area (Å²) in [5.41, 5.74) is 0.723. The number of aliphatic hydroxyl groups is 1. The molecule has 1 aromatic carbocycles. The summed E-state index contributed by atoms with van der Waals surface area (Å²) in [5.74, 6) is 1.46. The predicted molar refractivity (Wildman–Crippen MR) is 95.0 cm³/mol. The molecule has 1 fully saturated rings. The lowest BCUT2D eigenvalue weighted by Crippen LogP contribution is -2.41. The maximum absolute atomic E-state index is 13.1. The normalized spacial score (nSPS) is 31.7. The molecule has 1 aromatic rings. The van der Waals surface area contributed by atoms with Crippen LogP contribution in [0.5, 0.6) is 5.75 Å². The zero-order valence-corrected chi connectivity index (χ0v) is 15.0. The number of hydrogen-bond acceptors (Lipinski definition) is 3. The van der Waals surface area contributed by atoms with Crippen LogP contribution in [0, 0.1) is 23.2 Å². The lowest BCUT2D eigenvalue weighted by Gasteiger charge is -2.35. The average Bonchev–Trinajstić information content (AvgIpc) is 3.20. The number of benzene rings is 1. The first-order valence-electron chi connectivity index (χ1n) is 8.91. The van der Waals surface area contributed by atoms with Crippen LogP contribution >= 0.6 is 0 Å². The monoisotopic (exact) mass is 328 g/mol. The molecule has 0 aromatic heterocycles. The van der Waals surface area contributed by atoms with E-state index < -0.39 is 6.10 Å². The zero-order valence-electron chi connectivity index (χ0n) is 15.0. The third kappa shape index (κ3) is 2.79. The van der Waals surface area contributed by atoms with Gasteiger partial charge in [0, 0.05) is 17.3 Å². The van der Waals surface area contributed by atoms with E-state index in [0.717, 1.165) is 24.2 Å². The van der Waals surface area contributed by atoms with Crippen LogP contribution in [0.1, 0.15) is 45.1 Å². The molecule has 3 rings (SSSR count). The lowest BCUT2D eigenvalue weighted by atomic mass is 9.68. The summed E-state index contributed by atoms with van der Waals surface area (Å²) < 4.78 is 5.18. The average molecular weight is 328 g/mol. The Kier molecular flexibility index (Phi) is 4.56. The first kappa shape index (κ1) is 17.2. The highest BCUT2D eigenvalue weighted by atomic mass is 16.5. The molecular weight excluding hydrogens is 300 g/mol. The van der Waals surface area contributed by atoms with Crippen molar-refractivity contribution < 1.29 is 14.6 Å². The van der Waals surface area contributed by atoms with E-state index >= 15 is 0 Å². The number of ketones is 1. The van der Waals surface area contributed by atoms with E-state index in [1.54, 1.807) is 7.11 Å². The van der Waals surface area contributed by atoms with Crippen LogP contribution in [0.2, 0.25) is 0 Å². The molecule has 0 spiro atoms. The van der Waals surface area contributed by atoms with Gasteiger partial charge >= 0.3 is 0 Å². The minimum absolute atomic E-state index is 0.0902. The summed E-state index contributed by atoms with van der Waals surface area (Å²) in [6.45, 7) is 5.96. The number of hydrogen-bond donors (Lipinski definition) is 1. The number of ether oxygens (including phenoxy) is 1. The molecule has 2 aliphatic rings. The van der Waals surface area contributed by atoms with Gasteiger partial charge in [-0.1, -0.05) is 45.1 Å². The van der Waals surface area contributed by atoms with Crippen LogP contribution in [-0.4, -0.2) is 24.1 Å². The third-order valence-corrected chi connectivity index (χ3v) is 6.32. The second-order valence-corrected chi connectivity index (χ2v) is 7.81. The number of fused-ring (bicyclic) bond motifs is 2. The number of rotatable bonds is 6. The number of allylic oxidation sites excluding steroid dienone is 2. The molecule has 1 N–H and O–H groups in total. The van der Waals surface area contributed by atoms with Crippen LogP contribution in [0.15, 0.2) is 36.4 Å². The Balaban J connectivity index is 1.72. The molecule has 0 amide bonds. The molecule has 130 valence electrons. The van der Waals surface area contributed by atoms with Crippen LogP contribution in [0.25, 0.3) is 0 Å². The molecule has 0 saturated heterocycles. The van der Waals surface area contributed by atoms with E-state index in [0.29, 0.717) is 11.8 Å². The summed E-state index contributed by atoms with van der Waals surface area (Å²) in [4.78, 5) is 13.1. The van der Waals surface area contributed by atoms with Gasteiger partial charge in [-0.2, -0.15) is 0 Å². The number of methoxy groups -OCH3 is 1. The van der Waals surface area contributed by atoms with E-state index in [4.69, 9.17) is 4.74 Å². The summed E-state index contributed by atoms with van der Waals surface area (Å²) in [5, 5.41) is 10.8. The van der Waals surface area contributed by atoms with Crippen molar-refractivity contribution in [1.29, 1.82) is 0 Å². The quantitative estimate of drug-likeness (QED) is 0.804. The predicted octanol–water partition coefficient (Wildman–Crippen LogP) is 3.97. The molecule has 2 bridgehead atoms. The Morgan fingerprint density at radius 1 is 1.25 bits per heavy atom. The molecule has 0 unspecified atom stereocenters. The lowest BCUT2D eigenvalue weighted by molar-refractivity contribution is -0.136. The van der Waals surface area contributed by atoms with Crippen molar-refractivity contribution in [3.8, 4) is 5.75 Å². The van der Waals surface area contributed by atoms with Gasteiger partial charge in [0.05, 0.1) is 13.2 Å². The zero-order chi connectivity index (χ0) is 17.5. The highest BCUT2D eigenvalue weighted by Gasteiger charge is 2.51. The molecule has 3 heteroatoms. The Labute approximate surface area is 144 Å². The second kappa shape index (κ2) is 6.36. The van der Waals surface area contributed by atoms with Crippen molar-refractivity contribution in [2.45, 2.75) is 45.6 Å².